The maximum atomic E-state index is 11.4. The second-order valence-electron chi connectivity index (χ2n) is 5.47. The molecule has 0 aliphatic rings. The third kappa shape index (κ3) is 2.66. The normalized spacial score (nSPS) is 11.0. The van der Waals surface area contributed by atoms with Crippen molar-refractivity contribution in [3.05, 3.63) is 64.6 Å². The van der Waals surface area contributed by atoms with Crippen LogP contribution in [-0.4, -0.2) is 15.5 Å². The van der Waals surface area contributed by atoms with Crippen LogP contribution in [0.25, 0.3) is 23.1 Å². The number of hydrogen-bond donors (Lipinski definition) is 0. The van der Waals surface area contributed by atoms with Gasteiger partial charge in [0.1, 0.15) is 11.8 Å². The number of carbonyl (C=O) groups excluding carboxylic acids is 1. The molecule has 0 saturated carbocycles. The van der Waals surface area contributed by atoms with Gasteiger partial charge < -0.3 is 14.5 Å². The lowest BCUT2D eigenvalue weighted by Crippen LogP contribution is -2.22. The molecule has 5 nitrogen and oxygen atoms in total. The minimum absolute atomic E-state index is 0.114. The fraction of sp³-hybridized carbons (Fsp3) is 0.105. The Hall–Kier alpha value is -3.39. The van der Waals surface area contributed by atoms with Gasteiger partial charge in [-0.25, -0.2) is 4.98 Å². The molecule has 24 heavy (non-hydrogen) atoms. The number of benzene rings is 1. The average molecular weight is 316 g/mol. The van der Waals surface area contributed by atoms with Gasteiger partial charge in [0.05, 0.1) is 17.2 Å². The summed E-state index contributed by atoms with van der Waals surface area (Å²) in [5.41, 5.74) is 3.63. The van der Waals surface area contributed by atoms with Crippen LogP contribution in [-0.2, 0) is 7.05 Å². The molecule has 0 spiro atoms. The van der Waals surface area contributed by atoms with Crippen molar-refractivity contribution < 1.29 is 9.90 Å². The van der Waals surface area contributed by atoms with Gasteiger partial charge in [0.15, 0.2) is 0 Å². The Balaban J connectivity index is 2.08. The van der Waals surface area contributed by atoms with Crippen LogP contribution >= 0.6 is 0 Å². The molecule has 2 heterocycles. The third-order valence-corrected chi connectivity index (χ3v) is 4.08. The standard InChI is InChI=1S/C19H15N3O2/c1-12-13(9-15(11-20)22(12)2)7-8-14-10-17(19(23)24)16-5-3-4-6-18(16)21-14/h3-10H,1-2H3,(H,23,24)/p-1/b8-7+. The van der Waals surface area contributed by atoms with Crippen LogP contribution in [0.15, 0.2) is 36.4 Å². The first-order chi connectivity index (χ1) is 11.5. The number of carboxylic acids is 1. The smallest absolute Gasteiger partial charge is 0.120 e. The van der Waals surface area contributed by atoms with Crippen LogP contribution in [0.5, 0.6) is 0 Å². The summed E-state index contributed by atoms with van der Waals surface area (Å²) in [6, 6.07) is 12.5. The lowest BCUT2D eigenvalue weighted by Gasteiger charge is -2.08. The highest BCUT2D eigenvalue weighted by atomic mass is 16.4. The zero-order valence-electron chi connectivity index (χ0n) is 13.3. The first-order valence-corrected chi connectivity index (χ1v) is 7.37. The Morgan fingerprint density at radius 3 is 2.71 bits per heavy atom. The molecule has 3 rings (SSSR count). The van der Waals surface area contributed by atoms with E-state index in [4.69, 9.17) is 5.26 Å². The zero-order chi connectivity index (χ0) is 17.3. The van der Waals surface area contributed by atoms with Crippen LogP contribution in [0.3, 0.4) is 0 Å². The molecule has 0 N–H and O–H groups in total. The first-order valence-electron chi connectivity index (χ1n) is 7.37. The molecule has 0 unspecified atom stereocenters. The molecule has 0 aliphatic carbocycles. The number of pyridine rings is 1. The summed E-state index contributed by atoms with van der Waals surface area (Å²) < 4.78 is 1.81. The average Bonchev–Trinajstić information content (AvgIpc) is 2.86. The Bertz CT molecular complexity index is 1020. The van der Waals surface area contributed by atoms with Crippen molar-refractivity contribution in [2.24, 2.45) is 7.05 Å². The van der Waals surface area contributed by atoms with Gasteiger partial charge in [0, 0.05) is 23.7 Å². The van der Waals surface area contributed by atoms with E-state index in [9.17, 15) is 9.90 Å². The topological polar surface area (TPSA) is 81.7 Å². The summed E-state index contributed by atoms with van der Waals surface area (Å²) >= 11 is 0. The van der Waals surface area contributed by atoms with Crippen LogP contribution in [0.2, 0.25) is 0 Å². The quantitative estimate of drug-likeness (QED) is 0.742. The highest BCUT2D eigenvalue weighted by Crippen LogP contribution is 2.20. The van der Waals surface area contributed by atoms with Crippen molar-refractivity contribution in [2.45, 2.75) is 6.92 Å². The number of carbonyl (C=O) groups is 1. The molecule has 0 amide bonds. The van der Waals surface area contributed by atoms with Crippen molar-refractivity contribution in [1.82, 2.24) is 9.55 Å². The molecule has 0 fully saturated rings. The predicted molar refractivity (Wildman–Crippen MR) is 89.9 cm³/mol. The van der Waals surface area contributed by atoms with Crippen molar-refractivity contribution in [3.63, 3.8) is 0 Å². The fourth-order valence-corrected chi connectivity index (χ4v) is 2.62. The Labute approximate surface area is 139 Å². The van der Waals surface area contributed by atoms with E-state index in [1.165, 1.54) is 6.07 Å². The van der Waals surface area contributed by atoms with E-state index < -0.39 is 5.97 Å². The summed E-state index contributed by atoms with van der Waals surface area (Å²) in [5, 5.41) is 21.0. The molecule has 0 radical (unpaired) electrons. The number of nitrogens with zero attached hydrogens (tertiary/aromatic N) is 3. The van der Waals surface area contributed by atoms with E-state index in [1.54, 1.807) is 34.9 Å². The number of aromatic nitrogens is 2. The molecule has 118 valence electrons. The van der Waals surface area contributed by atoms with Crippen molar-refractivity contribution >= 4 is 29.0 Å². The van der Waals surface area contributed by atoms with E-state index in [1.807, 2.05) is 26.1 Å². The van der Waals surface area contributed by atoms with Crippen molar-refractivity contribution in [3.8, 4) is 6.07 Å². The molecule has 0 atom stereocenters. The summed E-state index contributed by atoms with van der Waals surface area (Å²) in [5.74, 6) is -1.23. The Morgan fingerprint density at radius 2 is 2.04 bits per heavy atom. The summed E-state index contributed by atoms with van der Waals surface area (Å²) in [6.45, 7) is 1.92. The van der Waals surface area contributed by atoms with Gasteiger partial charge >= 0.3 is 0 Å². The lowest BCUT2D eigenvalue weighted by molar-refractivity contribution is -0.254. The van der Waals surface area contributed by atoms with Crippen molar-refractivity contribution in [1.29, 1.82) is 5.26 Å². The van der Waals surface area contributed by atoms with E-state index in [0.29, 0.717) is 22.3 Å². The van der Waals surface area contributed by atoms with E-state index >= 15 is 0 Å². The minimum Gasteiger partial charge on any atom is -0.545 e. The van der Waals surface area contributed by atoms with Gasteiger partial charge in [-0.05, 0) is 36.8 Å². The Kier molecular flexibility index (Phi) is 3.88. The zero-order valence-corrected chi connectivity index (χ0v) is 13.3. The van der Waals surface area contributed by atoms with E-state index in [2.05, 4.69) is 11.1 Å². The second kappa shape index (κ2) is 6.01. The molecular formula is C19H14N3O2-. The van der Waals surface area contributed by atoms with Crippen LogP contribution < -0.4 is 5.11 Å². The largest absolute Gasteiger partial charge is 0.545 e. The fourth-order valence-electron chi connectivity index (χ4n) is 2.62. The predicted octanol–water partition coefficient (Wildman–Crippen LogP) is 2.29. The molecule has 2 aromatic heterocycles. The molecule has 3 aromatic rings. The van der Waals surface area contributed by atoms with Crippen LogP contribution in [0, 0.1) is 18.3 Å². The van der Waals surface area contributed by atoms with Gasteiger partial charge in [-0.2, -0.15) is 5.26 Å². The summed E-state index contributed by atoms with van der Waals surface area (Å²) in [7, 11) is 1.83. The van der Waals surface area contributed by atoms with Gasteiger partial charge in [-0.3, -0.25) is 0 Å². The summed E-state index contributed by atoms with van der Waals surface area (Å²) in [6.07, 6.45) is 3.56. The first kappa shape index (κ1) is 15.5. The summed E-state index contributed by atoms with van der Waals surface area (Å²) in [4.78, 5) is 15.8. The SMILES string of the molecule is Cc1c(/C=C/c2cc(C(=O)[O-])c3ccccc3n2)cc(C#N)n1C. The van der Waals surface area contributed by atoms with Crippen molar-refractivity contribution in [2.75, 3.05) is 0 Å². The molecule has 1 aromatic carbocycles. The van der Waals surface area contributed by atoms with E-state index in [0.717, 1.165) is 11.3 Å². The minimum atomic E-state index is -1.23. The molecule has 0 saturated heterocycles. The van der Waals surface area contributed by atoms with Gasteiger partial charge in [-0.15, -0.1) is 0 Å². The third-order valence-electron chi connectivity index (χ3n) is 4.08. The van der Waals surface area contributed by atoms with Gasteiger partial charge in [-0.1, -0.05) is 24.3 Å². The van der Waals surface area contributed by atoms with Crippen LogP contribution in [0.1, 0.15) is 33.0 Å². The second-order valence-corrected chi connectivity index (χ2v) is 5.47. The van der Waals surface area contributed by atoms with Crippen LogP contribution in [0.4, 0.5) is 0 Å². The number of carboxylic acid groups (broad SMARTS) is 1. The number of hydrogen-bond acceptors (Lipinski definition) is 4. The highest BCUT2D eigenvalue weighted by molar-refractivity contribution is 6.02. The monoisotopic (exact) mass is 316 g/mol. The van der Waals surface area contributed by atoms with E-state index in [-0.39, 0.29) is 5.56 Å². The molecule has 5 heteroatoms. The maximum absolute atomic E-state index is 11.4. The number of aromatic carboxylic acids is 1. The number of para-hydroxylation sites is 1. The maximum Gasteiger partial charge on any atom is 0.120 e. The highest BCUT2D eigenvalue weighted by Gasteiger charge is 2.07. The Morgan fingerprint density at radius 1 is 1.29 bits per heavy atom. The molecule has 0 aliphatic heterocycles. The number of rotatable bonds is 3. The number of fused-ring (bicyclic) bond motifs is 1. The molecule has 0 bridgehead atoms. The van der Waals surface area contributed by atoms with Gasteiger partial charge in [0.25, 0.3) is 0 Å². The molecular weight excluding hydrogens is 302 g/mol. The lowest BCUT2D eigenvalue weighted by atomic mass is 10.1. The number of nitriles is 1. The van der Waals surface area contributed by atoms with Gasteiger partial charge in [0.2, 0.25) is 0 Å².